The third-order valence-electron chi connectivity index (χ3n) is 5.01. The molecule has 0 aliphatic carbocycles. The summed E-state index contributed by atoms with van der Waals surface area (Å²) in [6.07, 6.45) is 3.32. The van der Waals surface area contributed by atoms with Gasteiger partial charge in [-0.2, -0.15) is 4.31 Å². The van der Waals surface area contributed by atoms with Crippen molar-refractivity contribution in [2.45, 2.75) is 4.90 Å². The molecule has 0 amide bonds. The molecule has 1 aromatic heterocycles. The Bertz CT molecular complexity index is 1130. The number of benzene rings is 2. The second kappa shape index (κ2) is 8.71. The van der Waals surface area contributed by atoms with Crippen molar-refractivity contribution in [2.24, 2.45) is 0 Å². The van der Waals surface area contributed by atoms with Gasteiger partial charge in [0.1, 0.15) is 11.4 Å². The van der Waals surface area contributed by atoms with Gasteiger partial charge in [0.15, 0.2) is 5.82 Å². The molecule has 4 rings (SSSR count). The summed E-state index contributed by atoms with van der Waals surface area (Å²) in [6, 6.07) is 14.5. The van der Waals surface area contributed by atoms with Crippen molar-refractivity contribution >= 4 is 31.8 Å². The van der Waals surface area contributed by atoms with Crippen LogP contribution in [0.4, 0.5) is 5.82 Å². The van der Waals surface area contributed by atoms with E-state index in [0.717, 1.165) is 27.3 Å². The van der Waals surface area contributed by atoms with Crippen molar-refractivity contribution in [3.05, 3.63) is 65.4 Å². The van der Waals surface area contributed by atoms with Gasteiger partial charge in [-0.1, -0.05) is 22.0 Å². The van der Waals surface area contributed by atoms with E-state index < -0.39 is 10.0 Å². The Kier molecular flexibility index (Phi) is 6.03. The Morgan fingerprint density at radius 3 is 2.33 bits per heavy atom. The van der Waals surface area contributed by atoms with Crippen molar-refractivity contribution < 1.29 is 13.2 Å². The monoisotopic (exact) mass is 488 g/mol. The van der Waals surface area contributed by atoms with Gasteiger partial charge in [-0.25, -0.2) is 13.4 Å². The fraction of sp³-hybridized carbons (Fsp3) is 0.238. The van der Waals surface area contributed by atoms with Gasteiger partial charge in [0, 0.05) is 48.6 Å². The molecule has 7 nitrogen and oxygen atoms in total. The predicted octanol–water partition coefficient (Wildman–Crippen LogP) is 3.43. The first kappa shape index (κ1) is 20.8. The third kappa shape index (κ3) is 4.19. The second-order valence-electron chi connectivity index (χ2n) is 6.81. The minimum atomic E-state index is -3.53. The molecule has 1 fully saturated rings. The Morgan fingerprint density at radius 1 is 0.967 bits per heavy atom. The molecule has 0 N–H and O–H groups in total. The number of anilines is 1. The number of halogens is 1. The maximum absolute atomic E-state index is 13.0. The highest BCUT2D eigenvalue weighted by atomic mass is 79.9. The molecule has 3 aromatic rings. The van der Waals surface area contributed by atoms with Crippen molar-refractivity contribution in [1.82, 2.24) is 14.3 Å². The van der Waals surface area contributed by atoms with Gasteiger partial charge >= 0.3 is 0 Å². The van der Waals surface area contributed by atoms with Crippen molar-refractivity contribution in [3.63, 3.8) is 0 Å². The van der Waals surface area contributed by atoms with E-state index in [1.54, 1.807) is 37.7 Å². The fourth-order valence-electron chi connectivity index (χ4n) is 3.43. The number of piperazine rings is 1. The molecule has 9 heteroatoms. The number of hydrogen-bond acceptors (Lipinski definition) is 6. The van der Waals surface area contributed by atoms with Gasteiger partial charge in [-0.15, -0.1) is 0 Å². The first-order valence-corrected chi connectivity index (χ1v) is 11.7. The second-order valence-corrected chi connectivity index (χ2v) is 9.66. The number of rotatable bonds is 5. The van der Waals surface area contributed by atoms with Crippen LogP contribution in [0.25, 0.3) is 11.3 Å². The fourth-order valence-corrected chi connectivity index (χ4v) is 5.45. The molecule has 0 spiro atoms. The average molecular weight is 489 g/mol. The van der Waals surface area contributed by atoms with Crippen molar-refractivity contribution in [3.8, 4) is 17.0 Å². The zero-order valence-corrected chi connectivity index (χ0v) is 18.8. The predicted molar refractivity (Wildman–Crippen MR) is 119 cm³/mol. The first-order valence-electron chi connectivity index (χ1n) is 9.45. The molecule has 30 heavy (non-hydrogen) atoms. The van der Waals surface area contributed by atoms with E-state index in [-0.39, 0.29) is 0 Å². The maximum atomic E-state index is 13.0. The SMILES string of the molecule is COc1ccc(-c2nccnc2N2CCN(S(=O)(=O)c3cccc(Br)c3)CC2)cc1. The quantitative estimate of drug-likeness (QED) is 0.547. The summed E-state index contributed by atoms with van der Waals surface area (Å²) in [4.78, 5) is 11.4. The lowest BCUT2D eigenvalue weighted by molar-refractivity contribution is 0.384. The molecule has 1 saturated heterocycles. The number of ether oxygens (including phenoxy) is 1. The van der Waals surface area contributed by atoms with E-state index in [0.29, 0.717) is 31.1 Å². The molecule has 156 valence electrons. The zero-order valence-electron chi connectivity index (χ0n) is 16.4. The van der Waals surface area contributed by atoms with Gasteiger partial charge < -0.3 is 9.64 Å². The van der Waals surface area contributed by atoms with E-state index in [1.807, 2.05) is 30.3 Å². The highest BCUT2D eigenvalue weighted by Crippen LogP contribution is 2.29. The third-order valence-corrected chi connectivity index (χ3v) is 7.40. The number of hydrogen-bond donors (Lipinski definition) is 0. The molecular weight excluding hydrogens is 468 g/mol. The van der Waals surface area contributed by atoms with E-state index in [9.17, 15) is 8.42 Å². The lowest BCUT2D eigenvalue weighted by Gasteiger charge is -2.35. The number of methoxy groups -OCH3 is 1. The van der Waals surface area contributed by atoms with E-state index in [1.165, 1.54) is 4.31 Å². The molecule has 0 unspecified atom stereocenters. The smallest absolute Gasteiger partial charge is 0.243 e. The number of sulfonamides is 1. The Balaban J connectivity index is 1.53. The number of aromatic nitrogens is 2. The van der Waals surface area contributed by atoms with Crippen LogP contribution in [-0.4, -0.2) is 56.0 Å². The Morgan fingerprint density at radius 2 is 1.67 bits per heavy atom. The zero-order chi connectivity index (χ0) is 21.1. The largest absolute Gasteiger partial charge is 0.497 e. The van der Waals surface area contributed by atoms with Gasteiger partial charge in [0.25, 0.3) is 0 Å². The standard InChI is InChI=1S/C21H21BrN4O3S/c1-29-18-7-5-16(6-8-18)20-21(24-10-9-23-20)25-11-13-26(14-12-25)30(27,28)19-4-2-3-17(22)15-19/h2-10,15H,11-14H2,1H3. The summed E-state index contributed by atoms with van der Waals surface area (Å²) in [5.41, 5.74) is 1.70. The molecule has 2 aromatic carbocycles. The molecular formula is C21H21BrN4O3S. The summed E-state index contributed by atoms with van der Waals surface area (Å²) in [6.45, 7) is 1.84. The molecule has 2 heterocycles. The van der Waals surface area contributed by atoms with Gasteiger partial charge in [-0.3, -0.25) is 4.98 Å². The normalized spacial score (nSPS) is 15.2. The summed E-state index contributed by atoms with van der Waals surface area (Å²) in [7, 11) is -1.90. The van der Waals surface area contributed by atoms with Crippen LogP contribution >= 0.6 is 15.9 Å². The summed E-state index contributed by atoms with van der Waals surface area (Å²) in [5.74, 6) is 1.53. The molecule has 0 bridgehead atoms. The highest BCUT2D eigenvalue weighted by molar-refractivity contribution is 9.10. The molecule has 0 saturated carbocycles. The molecule has 1 aliphatic heterocycles. The maximum Gasteiger partial charge on any atom is 0.243 e. The van der Waals surface area contributed by atoms with Crippen LogP contribution in [0.1, 0.15) is 0 Å². The first-order chi connectivity index (χ1) is 14.5. The van der Waals surface area contributed by atoms with Crippen molar-refractivity contribution in [2.75, 3.05) is 38.2 Å². The minimum Gasteiger partial charge on any atom is -0.497 e. The summed E-state index contributed by atoms with van der Waals surface area (Å²) in [5, 5.41) is 0. The van der Waals surface area contributed by atoms with Crippen LogP contribution in [0, 0.1) is 0 Å². The van der Waals surface area contributed by atoms with E-state index in [2.05, 4.69) is 30.8 Å². The van der Waals surface area contributed by atoms with Gasteiger partial charge in [0.05, 0.1) is 12.0 Å². The van der Waals surface area contributed by atoms with E-state index >= 15 is 0 Å². The minimum absolute atomic E-state index is 0.295. The summed E-state index contributed by atoms with van der Waals surface area (Å²) < 4.78 is 33.4. The van der Waals surface area contributed by atoms with Crippen LogP contribution in [-0.2, 0) is 10.0 Å². The van der Waals surface area contributed by atoms with Crippen LogP contribution in [0.5, 0.6) is 5.75 Å². The topological polar surface area (TPSA) is 75.6 Å². The van der Waals surface area contributed by atoms with E-state index in [4.69, 9.17) is 4.74 Å². The van der Waals surface area contributed by atoms with Gasteiger partial charge in [0.2, 0.25) is 10.0 Å². The lowest BCUT2D eigenvalue weighted by Crippen LogP contribution is -2.49. The Labute approximate surface area is 184 Å². The Hall–Kier alpha value is -2.49. The highest BCUT2D eigenvalue weighted by Gasteiger charge is 2.30. The van der Waals surface area contributed by atoms with Crippen LogP contribution < -0.4 is 9.64 Å². The molecule has 0 radical (unpaired) electrons. The molecule has 0 atom stereocenters. The summed E-state index contributed by atoms with van der Waals surface area (Å²) >= 11 is 3.34. The molecule has 1 aliphatic rings. The van der Waals surface area contributed by atoms with Crippen LogP contribution in [0.15, 0.2) is 70.3 Å². The van der Waals surface area contributed by atoms with Gasteiger partial charge in [-0.05, 0) is 42.5 Å². The van der Waals surface area contributed by atoms with Crippen LogP contribution in [0.3, 0.4) is 0 Å². The van der Waals surface area contributed by atoms with Crippen LogP contribution in [0.2, 0.25) is 0 Å². The number of nitrogens with zero attached hydrogens (tertiary/aromatic N) is 4. The average Bonchev–Trinajstić information content (AvgIpc) is 2.79. The van der Waals surface area contributed by atoms with Crippen molar-refractivity contribution in [1.29, 1.82) is 0 Å². The lowest BCUT2D eigenvalue weighted by atomic mass is 10.1.